The fourth-order valence-corrected chi connectivity index (χ4v) is 1.81. The van der Waals surface area contributed by atoms with Gasteiger partial charge in [-0.2, -0.15) is 13.2 Å². The van der Waals surface area contributed by atoms with E-state index in [0.717, 1.165) is 12.1 Å². The van der Waals surface area contributed by atoms with Crippen molar-refractivity contribution in [1.82, 2.24) is 4.98 Å². The Bertz CT molecular complexity index is 634. The van der Waals surface area contributed by atoms with Gasteiger partial charge in [-0.05, 0) is 11.6 Å². The molecule has 0 aliphatic rings. The van der Waals surface area contributed by atoms with Crippen LogP contribution in [-0.4, -0.2) is 16.1 Å². The number of aliphatic carboxylic acids is 1. The van der Waals surface area contributed by atoms with Crippen LogP contribution in [0.5, 0.6) is 0 Å². The van der Waals surface area contributed by atoms with Gasteiger partial charge in [-0.15, -0.1) is 0 Å². The van der Waals surface area contributed by atoms with E-state index in [1.165, 1.54) is 12.3 Å². The molecule has 2 rings (SSSR count). The van der Waals surface area contributed by atoms with Crippen LogP contribution in [0, 0.1) is 0 Å². The Morgan fingerprint density at radius 1 is 1.33 bits per heavy atom. The minimum atomic E-state index is -4.39. The van der Waals surface area contributed by atoms with Gasteiger partial charge in [-0.3, -0.25) is 4.79 Å². The van der Waals surface area contributed by atoms with Gasteiger partial charge in [0, 0.05) is 12.8 Å². The number of aromatic nitrogens is 1. The van der Waals surface area contributed by atoms with Gasteiger partial charge < -0.3 is 9.52 Å². The van der Waals surface area contributed by atoms with E-state index in [9.17, 15) is 18.0 Å². The first-order valence-electron chi connectivity index (χ1n) is 6.16. The Labute approximate surface area is 118 Å². The second-order valence-electron chi connectivity index (χ2n) is 4.50. The van der Waals surface area contributed by atoms with Crippen molar-refractivity contribution in [2.75, 3.05) is 0 Å². The van der Waals surface area contributed by atoms with Gasteiger partial charge in [0.1, 0.15) is 6.26 Å². The van der Waals surface area contributed by atoms with Crippen LogP contribution >= 0.6 is 0 Å². The van der Waals surface area contributed by atoms with E-state index in [2.05, 4.69) is 4.98 Å². The molecule has 2 aromatic rings. The molecule has 0 fully saturated rings. The number of carboxylic acid groups (broad SMARTS) is 1. The summed E-state index contributed by atoms with van der Waals surface area (Å²) < 4.78 is 42.9. The third kappa shape index (κ3) is 4.34. The molecule has 0 aliphatic carbocycles. The van der Waals surface area contributed by atoms with Gasteiger partial charge in [-0.25, -0.2) is 4.98 Å². The molecule has 1 aromatic heterocycles. The first kappa shape index (κ1) is 15.1. The van der Waals surface area contributed by atoms with E-state index < -0.39 is 17.7 Å². The van der Waals surface area contributed by atoms with Crippen molar-refractivity contribution in [3.8, 4) is 0 Å². The zero-order valence-electron chi connectivity index (χ0n) is 10.9. The molecule has 0 saturated heterocycles. The molecule has 7 heteroatoms. The Balaban J connectivity index is 2.07. The normalized spacial score (nSPS) is 11.6. The zero-order valence-corrected chi connectivity index (χ0v) is 10.9. The lowest BCUT2D eigenvalue weighted by molar-refractivity contribution is -0.138. The van der Waals surface area contributed by atoms with Crippen LogP contribution in [0.2, 0.25) is 0 Å². The van der Waals surface area contributed by atoms with E-state index >= 15 is 0 Å². The molecule has 0 unspecified atom stereocenters. The van der Waals surface area contributed by atoms with Crippen LogP contribution in [0.25, 0.3) is 0 Å². The second kappa shape index (κ2) is 5.99. The van der Waals surface area contributed by atoms with Gasteiger partial charge in [0.2, 0.25) is 0 Å². The summed E-state index contributed by atoms with van der Waals surface area (Å²) in [5.41, 5.74) is 0.175. The molecule has 0 bridgehead atoms. The van der Waals surface area contributed by atoms with Crippen molar-refractivity contribution in [3.05, 3.63) is 53.2 Å². The maximum Gasteiger partial charge on any atom is 0.416 e. The molecular weight excluding hydrogens is 287 g/mol. The van der Waals surface area contributed by atoms with E-state index in [1.807, 2.05) is 0 Å². The summed E-state index contributed by atoms with van der Waals surface area (Å²) in [4.78, 5) is 14.5. The molecule has 0 atom stereocenters. The molecule has 0 spiro atoms. The Morgan fingerprint density at radius 3 is 2.76 bits per heavy atom. The number of halogens is 3. The van der Waals surface area contributed by atoms with Crippen LogP contribution in [0.4, 0.5) is 13.2 Å². The molecule has 1 heterocycles. The molecule has 4 nitrogen and oxygen atoms in total. The van der Waals surface area contributed by atoms with Gasteiger partial charge in [-0.1, -0.05) is 18.2 Å². The molecule has 112 valence electrons. The van der Waals surface area contributed by atoms with Crippen molar-refractivity contribution in [2.45, 2.75) is 25.4 Å². The summed E-state index contributed by atoms with van der Waals surface area (Å²) >= 11 is 0. The van der Waals surface area contributed by atoms with Crippen molar-refractivity contribution < 1.29 is 27.5 Å². The van der Waals surface area contributed by atoms with Crippen LogP contribution < -0.4 is 0 Å². The summed E-state index contributed by atoms with van der Waals surface area (Å²) in [6, 6.07) is 4.92. The fourth-order valence-electron chi connectivity index (χ4n) is 1.81. The maximum absolute atomic E-state index is 12.6. The number of benzene rings is 1. The first-order chi connectivity index (χ1) is 9.84. The summed E-state index contributed by atoms with van der Waals surface area (Å²) in [7, 11) is 0. The second-order valence-corrected chi connectivity index (χ2v) is 4.50. The van der Waals surface area contributed by atoms with Crippen LogP contribution in [0.1, 0.15) is 29.1 Å². The van der Waals surface area contributed by atoms with Crippen LogP contribution in [0.3, 0.4) is 0 Å². The minimum absolute atomic E-state index is 0.0739. The predicted octanol–water partition coefficient (Wildman–Crippen LogP) is 3.30. The third-order valence-corrected chi connectivity index (χ3v) is 2.80. The highest BCUT2D eigenvalue weighted by Crippen LogP contribution is 2.29. The first-order valence-corrected chi connectivity index (χ1v) is 6.16. The average molecular weight is 299 g/mol. The minimum Gasteiger partial charge on any atom is -0.481 e. The van der Waals surface area contributed by atoms with Crippen molar-refractivity contribution >= 4 is 5.97 Å². The summed E-state index contributed by atoms with van der Waals surface area (Å²) in [5.74, 6) is -0.688. The van der Waals surface area contributed by atoms with Gasteiger partial charge in [0.25, 0.3) is 0 Å². The lowest BCUT2D eigenvalue weighted by Gasteiger charge is -2.07. The zero-order chi connectivity index (χ0) is 15.5. The number of hydrogen-bond donors (Lipinski definition) is 1. The van der Waals surface area contributed by atoms with Crippen molar-refractivity contribution in [2.24, 2.45) is 0 Å². The number of aryl methyl sites for hydroxylation is 1. The number of carboxylic acids is 1. The number of rotatable bonds is 5. The van der Waals surface area contributed by atoms with E-state index in [1.54, 1.807) is 6.07 Å². The Morgan fingerprint density at radius 2 is 2.10 bits per heavy atom. The molecule has 0 amide bonds. The summed E-state index contributed by atoms with van der Waals surface area (Å²) in [6.07, 6.45) is -2.79. The van der Waals surface area contributed by atoms with E-state index in [-0.39, 0.29) is 25.2 Å². The molecule has 0 saturated carbocycles. The Hall–Kier alpha value is -2.31. The molecule has 0 aliphatic heterocycles. The fraction of sp³-hybridized carbons (Fsp3) is 0.286. The smallest absolute Gasteiger partial charge is 0.416 e. The van der Waals surface area contributed by atoms with Crippen molar-refractivity contribution in [1.29, 1.82) is 0 Å². The molecule has 1 N–H and O–H groups in total. The molecular formula is C14H12F3NO3. The highest BCUT2D eigenvalue weighted by molar-refractivity contribution is 5.66. The highest BCUT2D eigenvalue weighted by Gasteiger charge is 2.30. The molecule has 0 radical (unpaired) electrons. The summed E-state index contributed by atoms with van der Waals surface area (Å²) in [5, 5.41) is 8.56. The van der Waals surface area contributed by atoms with E-state index in [0.29, 0.717) is 11.3 Å². The average Bonchev–Trinajstić information content (AvgIpc) is 2.83. The van der Waals surface area contributed by atoms with Gasteiger partial charge in [0.15, 0.2) is 5.89 Å². The monoisotopic (exact) mass is 299 g/mol. The van der Waals surface area contributed by atoms with E-state index in [4.69, 9.17) is 9.52 Å². The maximum atomic E-state index is 12.6. The van der Waals surface area contributed by atoms with Gasteiger partial charge in [0.05, 0.1) is 17.7 Å². The van der Waals surface area contributed by atoms with Gasteiger partial charge >= 0.3 is 12.1 Å². The third-order valence-electron chi connectivity index (χ3n) is 2.80. The number of hydrogen-bond acceptors (Lipinski definition) is 3. The molecule has 21 heavy (non-hydrogen) atoms. The Kier molecular flexibility index (Phi) is 4.30. The number of alkyl halides is 3. The van der Waals surface area contributed by atoms with Crippen LogP contribution in [0.15, 0.2) is 34.9 Å². The standard InChI is InChI=1S/C14H12F3NO3/c15-14(16,17)10-3-1-2-9(6-10)7-12-18-11(8-21-12)4-5-13(19)20/h1-3,6,8H,4-5,7H2,(H,19,20). The molecule has 1 aromatic carbocycles. The highest BCUT2D eigenvalue weighted by atomic mass is 19.4. The number of oxazole rings is 1. The number of nitrogens with zero attached hydrogens (tertiary/aromatic N) is 1. The quantitative estimate of drug-likeness (QED) is 0.920. The van der Waals surface area contributed by atoms with Crippen LogP contribution in [-0.2, 0) is 23.8 Å². The SMILES string of the molecule is O=C(O)CCc1coc(Cc2cccc(C(F)(F)F)c2)n1. The topological polar surface area (TPSA) is 63.3 Å². The largest absolute Gasteiger partial charge is 0.481 e. The lowest BCUT2D eigenvalue weighted by atomic mass is 10.1. The summed E-state index contributed by atoms with van der Waals surface area (Å²) in [6.45, 7) is 0. The number of carbonyl (C=O) groups is 1. The lowest BCUT2D eigenvalue weighted by Crippen LogP contribution is -2.05. The van der Waals surface area contributed by atoms with Crippen molar-refractivity contribution in [3.63, 3.8) is 0 Å². The predicted molar refractivity (Wildman–Crippen MR) is 66.7 cm³/mol.